The third kappa shape index (κ3) is 3.25. The highest BCUT2D eigenvalue weighted by molar-refractivity contribution is 8.00. The maximum atomic E-state index is 11.9. The van der Waals surface area contributed by atoms with E-state index >= 15 is 0 Å². The fourth-order valence-corrected chi connectivity index (χ4v) is 2.52. The molecule has 1 aliphatic heterocycles. The fraction of sp³-hybridized carbons (Fsp3) is 0.357. The lowest BCUT2D eigenvalue weighted by atomic mass is 10.1. The van der Waals surface area contributed by atoms with Crippen molar-refractivity contribution in [2.24, 2.45) is 0 Å². The Bertz CT molecular complexity index is 603. The Labute approximate surface area is 126 Å². The molecule has 1 atom stereocenters. The fourth-order valence-electron chi connectivity index (χ4n) is 1.91. The Hall–Kier alpha value is -1.86. The number of aliphatic hydroxyl groups is 1. The molecular formula is C14H16N2O4S. The Morgan fingerprint density at radius 1 is 1.33 bits per heavy atom. The lowest BCUT2D eigenvalue weighted by Crippen LogP contribution is -2.24. The van der Waals surface area contributed by atoms with Gasteiger partial charge in [0.05, 0.1) is 23.5 Å². The maximum absolute atomic E-state index is 11.9. The summed E-state index contributed by atoms with van der Waals surface area (Å²) < 4.78 is 0. The van der Waals surface area contributed by atoms with Crippen molar-refractivity contribution in [3.05, 3.63) is 29.3 Å². The normalized spacial score (nSPS) is 15.1. The number of hydrogen-bond acceptors (Lipinski definition) is 5. The molecule has 0 saturated heterocycles. The van der Waals surface area contributed by atoms with E-state index in [-0.39, 0.29) is 35.3 Å². The van der Waals surface area contributed by atoms with Gasteiger partial charge in [-0.2, -0.15) is 0 Å². The van der Waals surface area contributed by atoms with E-state index < -0.39 is 0 Å². The predicted molar refractivity (Wildman–Crippen MR) is 80.5 cm³/mol. The molecule has 0 spiro atoms. The van der Waals surface area contributed by atoms with Crippen LogP contribution < -0.4 is 5.32 Å². The van der Waals surface area contributed by atoms with Crippen LogP contribution in [0.4, 0.5) is 5.69 Å². The maximum Gasteiger partial charge on any atom is 0.261 e. The van der Waals surface area contributed by atoms with Crippen molar-refractivity contribution in [2.75, 3.05) is 24.7 Å². The average Bonchev–Trinajstić information content (AvgIpc) is 2.69. The van der Waals surface area contributed by atoms with Gasteiger partial charge in [0.15, 0.2) is 0 Å². The number of thioether (sulfide) groups is 1. The minimum Gasteiger partial charge on any atom is -0.395 e. The number of imide groups is 1. The van der Waals surface area contributed by atoms with Crippen molar-refractivity contribution < 1.29 is 19.5 Å². The van der Waals surface area contributed by atoms with E-state index in [0.29, 0.717) is 16.8 Å². The van der Waals surface area contributed by atoms with Crippen LogP contribution >= 0.6 is 11.8 Å². The number of nitrogens with one attached hydrogen (secondary N) is 1. The summed E-state index contributed by atoms with van der Waals surface area (Å²) in [7, 11) is 1.43. The summed E-state index contributed by atoms with van der Waals surface area (Å²) in [5.41, 5.74) is 1.13. The first kappa shape index (κ1) is 15.5. The molecule has 1 aliphatic rings. The Morgan fingerprint density at radius 3 is 2.67 bits per heavy atom. The highest BCUT2D eigenvalue weighted by Crippen LogP contribution is 2.24. The minimum atomic E-state index is -0.366. The summed E-state index contributed by atoms with van der Waals surface area (Å²) >= 11 is 1.34. The number of hydrogen-bond donors (Lipinski definition) is 2. The predicted octanol–water partition coefficient (Wildman–Crippen LogP) is 0.965. The van der Waals surface area contributed by atoms with Gasteiger partial charge in [0.1, 0.15) is 0 Å². The second kappa shape index (κ2) is 6.28. The number of amides is 3. The summed E-state index contributed by atoms with van der Waals surface area (Å²) in [6, 6.07) is 4.65. The Morgan fingerprint density at radius 2 is 2.00 bits per heavy atom. The molecule has 0 fully saturated rings. The van der Waals surface area contributed by atoms with Crippen molar-refractivity contribution in [1.29, 1.82) is 0 Å². The van der Waals surface area contributed by atoms with Crippen LogP contribution in [0.15, 0.2) is 18.2 Å². The summed E-state index contributed by atoms with van der Waals surface area (Å²) in [5, 5.41) is 11.6. The highest BCUT2D eigenvalue weighted by Gasteiger charge is 2.32. The first-order chi connectivity index (χ1) is 9.93. The number of carbonyl (C=O) groups excluding carboxylic acids is 3. The van der Waals surface area contributed by atoms with Crippen LogP contribution in [0.5, 0.6) is 0 Å². The zero-order chi connectivity index (χ0) is 15.6. The van der Waals surface area contributed by atoms with Crippen molar-refractivity contribution in [2.45, 2.75) is 12.2 Å². The molecule has 0 bridgehead atoms. The van der Waals surface area contributed by atoms with Crippen LogP contribution in [0.3, 0.4) is 0 Å². The number of fused-ring (bicyclic) bond motifs is 1. The van der Waals surface area contributed by atoms with E-state index in [0.717, 1.165) is 4.90 Å². The van der Waals surface area contributed by atoms with Gasteiger partial charge in [-0.05, 0) is 18.2 Å². The molecule has 0 aliphatic carbocycles. The van der Waals surface area contributed by atoms with Crippen molar-refractivity contribution in [1.82, 2.24) is 4.90 Å². The number of carbonyl (C=O) groups is 3. The molecular weight excluding hydrogens is 292 g/mol. The average molecular weight is 308 g/mol. The van der Waals surface area contributed by atoms with Crippen LogP contribution in [0, 0.1) is 0 Å². The van der Waals surface area contributed by atoms with E-state index in [4.69, 9.17) is 5.11 Å². The monoisotopic (exact) mass is 308 g/mol. The number of benzene rings is 1. The molecule has 6 nitrogen and oxygen atoms in total. The quantitative estimate of drug-likeness (QED) is 0.791. The minimum absolute atomic E-state index is 0.0105. The third-order valence-corrected chi connectivity index (χ3v) is 4.28. The molecule has 3 amide bonds. The van der Waals surface area contributed by atoms with Crippen LogP contribution in [0.2, 0.25) is 0 Å². The molecule has 0 saturated carbocycles. The van der Waals surface area contributed by atoms with Crippen LogP contribution in [-0.2, 0) is 4.79 Å². The molecule has 1 aromatic rings. The standard InChI is InChI=1S/C14H16N2O4S/c1-8(6-17)21-7-12(18)15-9-3-4-10-11(5-9)14(20)16(2)13(10)19/h3-5,8,17H,6-7H2,1-2H3,(H,15,18). The molecule has 21 heavy (non-hydrogen) atoms. The molecule has 1 heterocycles. The van der Waals surface area contributed by atoms with E-state index in [9.17, 15) is 14.4 Å². The number of nitrogens with zero attached hydrogens (tertiary/aromatic N) is 1. The van der Waals surface area contributed by atoms with E-state index in [1.54, 1.807) is 6.07 Å². The largest absolute Gasteiger partial charge is 0.395 e. The molecule has 7 heteroatoms. The van der Waals surface area contributed by atoms with Gasteiger partial charge in [-0.3, -0.25) is 19.3 Å². The van der Waals surface area contributed by atoms with Crippen LogP contribution in [0.25, 0.3) is 0 Å². The van der Waals surface area contributed by atoms with Gasteiger partial charge >= 0.3 is 0 Å². The molecule has 2 N–H and O–H groups in total. The molecule has 0 aromatic heterocycles. The highest BCUT2D eigenvalue weighted by atomic mass is 32.2. The van der Waals surface area contributed by atoms with E-state index in [1.807, 2.05) is 6.92 Å². The molecule has 1 unspecified atom stereocenters. The summed E-state index contributed by atoms with van der Waals surface area (Å²) in [6.07, 6.45) is 0. The summed E-state index contributed by atoms with van der Waals surface area (Å²) in [5.74, 6) is -0.703. The second-order valence-corrected chi connectivity index (χ2v) is 6.21. The zero-order valence-corrected chi connectivity index (χ0v) is 12.6. The van der Waals surface area contributed by atoms with Gasteiger partial charge in [-0.25, -0.2) is 0 Å². The second-order valence-electron chi connectivity index (χ2n) is 4.78. The number of rotatable bonds is 5. The Kier molecular flexibility index (Phi) is 4.64. The van der Waals surface area contributed by atoms with Crippen LogP contribution in [-0.4, -0.2) is 52.4 Å². The topological polar surface area (TPSA) is 86.7 Å². The van der Waals surface area contributed by atoms with E-state index in [2.05, 4.69) is 5.32 Å². The number of aliphatic hydroxyl groups excluding tert-OH is 1. The summed E-state index contributed by atoms with van der Waals surface area (Å²) in [4.78, 5) is 36.4. The van der Waals surface area contributed by atoms with E-state index in [1.165, 1.54) is 30.9 Å². The molecule has 112 valence electrons. The Balaban J connectivity index is 2.05. The van der Waals surface area contributed by atoms with Gasteiger partial charge in [0.2, 0.25) is 5.91 Å². The SMILES string of the molecule is CC(CO)SCC(=O)Nc1ccc2c(c1)C(=O)N(C)C2=O. The number of anilines is 1. The molecule has 2 rings (SSSR count). The summed E-state index contributed by atoms with van der Waals surface area (Å²) in [6.45, 7) is 1.84. The first-order valence-electron chi connectivity index (χ1n) is 6.42. The van der Waals surface area contributed by atoms with Gasteiger partial charge in [-0.1, -0.05) is 6.92 Å². The zero-order valence-electron chi connectivity index (χ0n) is 11.8. The molecule has 1 aromatic carbocycles. The van der Waals surface area contributed by atoms with Gasteiger partial charge in [0.25, 0.3) is 11.8 Å². The van der Waals surface area contributed by atoms with Crippen molar-refractivity contribution >= 4 is 35.2 Å². The van der Waals surface area contributed by atoms with Gasteiger partial charge < -0.3 is 10.4 Å². The lowest BCUT2D eigenvalue weighted by molar-refractivity contribution is -0.113. The van der Waals surface area contributed by atoms with Crippen molar-refractivity contribution in [3.8, 4) is 0 Å². The lowest BCUT2D eigenvalue weighted by Gasteiger charge is -2.08. The van der Waals surface area contributed by atoms with Gasteiger partial charge in [-0.15, -0.1) is 11.8 Å². The first-order valence-corrected chi connectivity index (χ1v) is 7.47. The smallest absolute Gasteiger partial charge is 0.261 e. The third-order valence-electron chi connectivity index (χ3n) is 3.13. The van der Waals surface area contributed by atoms with Crippen LogP contribution in [0.1, 0.15) is 27.6 Å². The molecule has 0 radical (unpaired) electrons. The van der Waals surface area contributed by atoms with Crippen molar-refractivity contribution in [3.63, 3.8) is 0 Å². The van der Waals surface area contributed by atoms with Gasteiger partial charge in [0, 0.05) is 18.0 Å².